The van der Waals surface area contributed by atoms with Crippen LogP contribution < -0.4 is 24.4 Å². The first kappa shape index (κ1) is 22.1. The first-order chi connectivity index (χ1) is 15.4. The number of methoxy groups -OCH3 is 3. The van der Waals surface area contributed by atoms with E-state index in [2.05, 4.69) is 0 Å². The summed E-state index contributed by atoms with van der Waals surface area (Å²) in [6.07, 6.45) is 0.628. The number of benzene rings is 2. The van der Waals surface area contributed by atoms with Crippen molar-refractivity contribution in [3.8, 4) is 17.2 Å². The molecular weight excluding hydrogens is 450 g/mol. The van der Waals surface area contributed by atoms with Crippen molar-refractivity contribution in [1.29, 1.82) is 0 Å². The molecule has 1 aromatic heterocycles. The van der Waals surface area contributed by atoms with Crippen LogP contribution in [0.2, 0.25) is 0 Å². The van der Waals surface area contributed by atoms with Crippen LogP contribution >= 0.6 is 11.3 Å². The van der Waals surface area contributed by atoms with Gasteiger partial charge in [-0.2, -0.15) is 5.10 Å². The maximum atomic E-state index is 11.7. The zero-order chi connectivity index (χ0) is 22.9. The fourth-order valence-corrected chi connectivity index (χ4v) is 4.99. The van der Waals surface area contributed by atoms with Crippen molar-refractivity contribution < 1.29 is 22.6 Å². The van der Waals surface area contributed by atoms with Gasteiger partial charge >= 0.3 is 0 Å². The van der Waals surface area contributed by atoms with Gasteiger partial charge in [0.2, 0.25) is 15.8 Å². The van der Waals surface area contributed by atoms with Gasteiger partial charge in [0, 0.05) is 12.0 Å². The number of nitrogens with two attached hydrogens (primary N) is 1. The molecule has 0 spiro atoms. The highest BCUT2D eigenvalue weighted by atomic mass is 32.2. The molecule has 168 valence electrons. The van der Waals surface area contributed by atoms with Gasteiger partial charge in [-0.25, -0.2) is 13.6 Å². The lowest BCUT2D eigenvalue weighted by Gasteiger charge is -2.26. The van der Waals surface area contributed by atoms with Crippen LogP contribution in [0.25, 0.3) is 0 Å². The molecule has 0 amide bonds. The summed E-state index contributed by atoms with van der Waals surface area (Å²) in [5.41, 5.74) is 2.53. The molecule has 0 bridgehead atoms. The van der Waals surface area contributed by atoms with Crippen molar-refractivity contribution in [2.75, 3.05) is 26.3 Å². The van der Waals surface area contributed by atoms with Crippen LogP contribution in [0.1, 0.15) is 22.9 Å². The van der Waals surface area contributed by atoms with E-state index in [0.29, 0.717) is 23.7 Å². The van der Waals surface area contributed by atoms with E-state index in [1.807, 2.05) is 34.7 Å². The molecule has 1 aliphatic rings. The quantitative estimate of drug-likeness (QED) is 0.560. The molecule has 4 rings (SSSR count). The van der Waals surface area contributed by atoms with Gasteiger partial charge in [-0.1, -0.05) is 6.07 Å². The van der Waals surface area contributed by atoms with Crippen LogP contribution in [0.15, 0.2) is 63.9 Å². The van der Waals surface area contributed by atoms with Gasteiger partial charge in [0.05, 0.1) is 48.5 Å². The number of rotatable bonds is 7. The highest BCUT2D eigenvalue weighted by Crippen LogP contribution is 2.47. The summed E-state index contributed by atoms with van der Waals surface area (Å²) in [7, 11) is 0.939. The number of sulfonamides is 1. The number of nitrogens with zero attached hydrogens (tertiary/aromatic N) is 2. The van der Waals surface area contributed by atoms with Crippen molar-refractivity contribution in [3.63, 3.8) is 0 Å². The normalized spacial score (nSPS) is 16.1. The molecule has 2 aromatic carbocycles. The molecule has 8 nitrogen and oxygen atoms in total. The van der Waals surface area contributed by atoms with Crippen molar-refractivity contribution >= 4 is 32.8 Å². The minimum atomic E-state index is -3.79. The molecule has 1 atom stereocenters. The summed E-state index contributed by atoms with van der Waals surface area (Å²) in [5, 5.41) is 14.0. The summed E-state index contributed by atoms with van der Waals surface area (Å²) >= 11 is 1.61. The molecule has 0 fully saturated rings. The minimum absolute atomic E-state index is 0.0446. The van der Waals surface area contributed by atoms with Crippen molar-refractivity contribution in [3.05, 3.63) is 64.4 Å². The van der Waals surface area contributed by atoms with E-state index in [0.717, 1.165) is 21.8 Å². The summed E-state index contributed by atoms with van der Waals surface area (Å²) in [5.74, 6) is 1.63. The number of hydrazone groups is 1. The number of hydrogen-bond donors (Lipinski definition) is 1. The van der Waals surface area contributed by atoms with Crippen LogP contribution in [0.5, 0.6) is 17.2 Å². The van der Waals surface area contributed by atoms with Crippen LogP contribution in [0.4, 0.5) is 5.69 Å². The molecule has 0 saturated heterocycles. The highest BCUT2D eigenvalue weighted by Gasteiger charge is 2.34. The maximum absolute atomic E-state index is 11.7. The van der Waals surface area contributed by atoms with Crippen LogP contribution in [-0.4, -0.2) is 35.5 Å². The molecule has 2 N–H and O–H groups in total. The summed E-state index contributed by atoms with van der Waals surface area (Å²) < 4.78 is 40.0. The van der Waals surface area contributed by atoms with Gasteiger partial charge < -0.3 is 14.2 Å². The smallest absolute Gasteiger partial charge is 0.238 e. The second-order valence-electron chi connectivity index (χ2n) is 7.05. The lowest BCUT2D eigenvalue weighted by Crippen LogP contribution is -2.20. The Bertz CT molecular complexity index is 1240. The molecule has 2 heterocycles. The molecule has 32 heavy (non-hydrogen) atoms. The lowest BCUT2D eigenvalue weighted by atomic mass is 9.99. The Labute approximate surface area is 190 Å². The zero-order valence-electron chi connectivity index (χ0n) is 17.8. The number of anilines is 1. The second kappa shape index (κ2) is 8.81. The first-order valence-corrected chi connectivity index (χ1v) is 12.1. The predicted molar refractivity (Wildman–Crippen MR) is 125 cm³/mol. The monoisotopic (exact) mass is 473 g/mol. The fraction of sp³-hybridized carbons (Fsp3) is 0.227. The van der Waals surface area contributed by atoms with E-state index >= 15 is 0 Å². The molecule has 10 heteroatoms. The molecule has 1 unspecified atom stereocenters. The third kappa shape index (κ3) is 4.04. The second-order valence-corrected chi connectivity index (χ2v) is 9.56. The maximum Gasteiger partial charge on any atom is 0.238 e. The minimum Gasteiger partial charge on any atom is -0.493 e. The average molecular weight is 474 g/mol. The van der Waals surface area contributed by atoms with Crippen LogP contribution in [-0.2, 0) is 10.0 Å². The van der Waals surface area contributed by atoms with Gasteiger partial charge in [0.15, 0.2) is 11.5 Å². The first-order valence-electron chi connectivity index (χ1n) is 9.69. The van der Waals surface area contributed by atoms with Gasteiger partial charge in [-0.05, 0) is 47.8 Å². The van der Waals surface area contributed by atoms with E-state index < -0.39 is 10.0 Å². The largest absolute Gasteiger partial charge is 0.493 e. The van der Waals surface area contributed by atoms with Gasteiger partial charge in [-0.3, -0.25) is 5.01 Å². The van der Waals surface area contributed by atoms with E-state index in [9.17, 15) is 8.42 Å². The van der Waals surface area contributed by atoms with Crippen molar-refractivity contribution in [2.45, 2.75) is 17.4 Å². The molecule has 0 radical (unpaired) electrons. The SMILES string of the molecule is COc1ccc(C2CC(c3cccs3)=NN2c2ccc(S(N)(=O)=O)cc2)c(OC)c1OC. The predicted octanol–water partition coefficient (Wildman–Crippen LogP) is 3.78. The highest BCUT2D eigenvalue weighted by molar-refractivity contribution is 7.89. The molecule has 3 aromatic rings. The average Bonchev–Trinajstić information content (AvgIpc) is 3.47. The summed E-state index contributed by atoms with van der Waals surface area (Å²) in [6.45, 7) is 0. The van der Waals surface area contributed by atoms with E-state index in [1.165, 1.54) is 12.1 Å². The van der Waals surface area contributed by atoms with Gasteiger partial charge in [0.25, 0.3) is 0 Å². The standard InChI is InChI=1S/C22H23N3O5S2/c1-28-19-11-10-16(21(29-2)22(19)30-3)18-13-17(20-5-4-12-31-20)24-25(18)14-6-8-15(9-7-14)32(23,26)27/h4-12,18H,13H2,1-3H3,(H2,23,26,27). The third-order valence-corrected chi connectivity index (χ3v) is 7.09. The van der Waals surface area contributed by atoms with Crippen LogP contribution in [0.3, 0.4) is 0 Å². The number of thiophene rings is 1. The Hall–Kier alpha value is -3.08. The number of ether oxygens (including phenoxy) is 3. The molecular formula is C22H23N3O5S2. The fourth-order valence-electron chi connectivity index (χ4n) is 3.76. The Morgan fingerprint density at radius 3 is 2.28 bits per heavy atom. The Morgan fingerprint density at radius 1 is 1.00 bits per heavy atom. The molecule has 0 aliphatic carbocycles. The topological polar surface area (TPSA) is 103 Å². The van der Waals surface area contributed by atoms with Gasteiger partial charge in [-0.15, -0.1) is 11.3 Å². The Morgan fingerprint density at radius 2 is 1.72 bits per heavy atom. The number of hydrogen-bond acceptors (Lipinski definition) is 8. The van der Waals surface area contributed by atoms with Crippen molar-refractivity contribution in [2.24, 2.45) is 10.2 Å². The van der Waals surface area contributed by atoms with Crippen molar-refractivity contribution in [1.82, 2.24) is 0 Å². The Kier molecular flexibility index (Phi) is 6.09. The molecule has 0 saturated carbocycles. The summed E-state index contributed by atoms with van der Waals surface area (Å²) in [4.78, 5) is 1.11. The van der Waals surface area contributed by atoms with E-state index in [1.54, 1.807) is 44.8 Å². The number of primary sulfonamides is 1. The summed E-state index contributed by atoms with van der Waals surface area (Å²) in [6, 6.07) is 13.9. The lowest BCUT2D eigenvalue weighted by molar-refractivity contribution is 0.321. The van der Waals surface area contributed by atoms with E-state index in [-0.39, 0.29) is 10.9 Å². The van der Waals surface area contributed by atoms with E-state index in [4.69, 9.17) is 24.5 Å². The third-order valence-electron chi connectivity index (χ3n) is 5.24. The molecule has 1 aliphatic heterocycles. The zero-order valence-corrected chi connectivity index (χ0v) is 19.4. The van der Waals surface area contributed by atoms with Crippen LogP contribution in [0, 0.1) is 0 Å². The Balaban J connectivity index is 1.82. The van der Waals surface area contributed by atoms with Gasteiger partial charge in [0.1, 0.15) is 0 Å².